The molecule has 5 rings (SSSR count). The second kappa shape index (κ2) is 13.4. The fraction of sp³-hybridized carbons (Fsp3) is 0.0500. The largest absolute Gasteiger partial charge is 0.404 e. The number of pyridine rings is 2. The van der Waals surface area contributed by atoms with Crippen molar-refractivity contribution in [2.45, 2.75) is 13.8 Å². The molecule has 222 valence electrons. The summed E-state index contributed by atoms with van der Waals surface area (Å²) in [5.74, 6) is 0. The van der Waals surface area contributed by atoms with Gasteiger partial charge in [0, 0.05) is 46.5 Å². The maximum absolute atomic E-state index is 9.38. The first-order valence-corrected chi connectivity index (χ1v) is 14.6. The molecule has 0 aliphatic rings. The zero-order chi connectivity index (χ0) is 32.8. The van der Waals surface area contributed by atoms with Crippen molar-refractivity contribution < 1.29 is 0 Å². The van der Waals surface area contributed by atoms with Crippen LogP contribution in [-0.4, -0.2) is 9.97 Å². The van der Waals surface area contributed by atoms with E-state index in [1.54, 1.807) is 31.3 Å². The molecule has 0 spiro atoms. The van der Waals surface area contributed by atoms with Crippen LogP contribution in [0.5, 0.6) is 0 Å². The van der Waals surface area contributed by atoms with Crippen molar-refractivity contribution >= 4 is 40.3 Å². The van der Waals surface area contributed by atoms with Crippen molar-refractivity contribution in [3.05, 3.63) is 138 Å². The highest BCUT2D eigenvalue weighted by Gasteiger charge is 2.22. The molecule has 0 saturated carbocycles. The van der Waals surface area contributed by atoms with Crippen LogP contribution in [0, 0.1) is 22.7 Å². The van der Waals surface area contributed by atoms with Crippen LogP contribution in [-0.2, 0) is 0 Å². The highest BCUT2D eigenvalue weighted by atomic mass is 14.8. The van der Waals surface area contributed by atoms with Crippen LogP contribution < -0.4 is 11.5 Å². The van der Waals surface area contributed by atoms with Crippen molar-refractivity contribution in [2.24, 2.45) is 5.73 Å². The Morgan fingerprint density at radius 3 is 2.20 bits per heavy atom. The Kier molecular flexibility index (Phi) is 9.03. The summed E-state index contributed by atoms with van der Waals surface area (Å²) in [6.07, 6.45) is 14.3. The van der Waals surface area contributed by atoms with Gasteiger partial charge in [-0.1, -0.05) is 79.9 Å². The number of anilines is 1. The molecule has 3 aromatic carbocycles. The topological polar surface area (TPSA) is 125 Å². The standard InChI is InChI=1S/C40H32N6/c1-5-10-34-31(28(23-43)19-25(4)21-41)14-15-35(40(34)44)39-30(7-3)29(6-2)38(32-11-8-9-12-33(32)39)27-13-16-36(46-24-27)37-20-26(22-42)17-18-45-37/h5-20,23-24H,2-3,43-44H2,1,4H3/b10-5-,25-19+,28-23+. The summed E-state index contributed by atoms with van der Waals surface area (Å²) < 4.78 is 0. The summed E-state index contributed by atoms with van der Waals surface area (Å²) in [5.41, 5.74) is 23.7. The van der Waals surface area contributed by atoms with E-state index in [2.05, 4.69) is 42.4 Å². The summed E-state index contributed by atoms with van der Waals surface area (Å²) in [4.78, 5) is 9.12. The van der Waals surface area contributed by atoms with Gasteiger partial charge < -0.3 is 11.5 Å². The second-order valence-electron chi connectivity index (χ2n) is 10.6. The number of hydrogen-bond donors (Lipinski definition) is 2. The molecule has 0 unspecified atom stereocenters. The Hall–Kier alpha value is -6.50. The Balaban J connectivity index is 1.78. The lowest BCUT2D eigenvalue weighted by atomic mass is 9.82. The minimum atomic E-state index is 0.524. The van der Waals surface area contributed by atoms with Gasteiger partial charge in [-0.3, -0.25) is 9.97 Å². The van der Waals surface area contributed by atoms with Gasteiger partial charge in [0.15, 0.2) is 0 Å². The molecule has 2 aromatic heterocycles. The third kappa shape index (κ3) is 5.59. The van der Waals surface area contributed by atoms with Crippen molar-refractivity contribution in [1.82, 2.24) is 9.97 Å². The summed E-state index contributed by atoms with van der Waals surface area (Å²) in [5, 5.41) is 20.7. The zero-order valence-corrected chi connectivity index (χ0v) is 25.8. The van der Waals surface area contributed by atoms with E-state index >= 15 is 0 Å². The van der Waals surface area contributed by atoms with Crippen LogP contribution in [0.1, 0.15) is 41.7 Å². The van der Waals surface area contributed by atoms with E-state index in [1.165, 1.54) is 6.20 Å². The van der Waals surface area contributed by atoms with E-state index in [1.807, 2.05) is 73.8 Å². The number of nitrogens with two attached hydrogens (primary N) is 2. The number of nitrogen functional groups attached to an aromatic ring is 1. The van der Waals surface area contributed by atoms with E-state index in [9.17, 15) is 10.5 Å². The minimum absolute atomic E-state index is 0.524. The third-order valence-electron chi connectivity index (χ3n) is 7.84. The number of hydrogen-bond acceptors (Lipinski definition) is 6. The van der Waals surface area contributed by atoms with Crippen molar-refractivity contribution in [1.29, 1.82) is 10.5 Å². The van der Waals surface area contributed by atoms with Gasteiger partial charge in [-0.15, -0.1) is 0 Å². The van der Waals surface area contributed by atoms with Crippen LogP contribution >= 0.6 is 0 Å². The fourth-order valence-electron chi connectivity index (χ4n) is 5.77. The molecule has 0 bridgehead atoms. The highest BCUT2D eigenvalue weighted by molar-refractivity contribution is 6.13. The average molecular weight is 597 g/mol. The number of rotatable bonds is 8. The van der Waals surface area contributed by atoms with Gasteiger partial charge in [-0.05, 0) is 82.3 Å². The summed E-state index contributed by atoms with van der Waals surface area (Å²) in [6, 6.07) is 23.8. The number of aromatic nitrogens is 2. The molecule has 0 radical (unpaired) electrons. The van der Waals surface area contributed by atoms with Gasteiger partial charge in [-0.25, -0.2) is 0 Å². The lowest BCUT2D eigenvalue weighted by Gasteiger charge is -2.22. The van der Waals surface area contributed by atoms with Gasteiger partial charge in [0.1, 0.15) is 0 Å². The smallest absolute Gasteiger partial charge is 0.0992 e. The van der Waals surface area contributed by atoms with E-state index < -0.39 is 0 Å². The molecule has 6 heteroatoms. The number of nitrogens with zero attached hydrogens (tertiary/aromatic N) is 4. The Morgan fingerprint density at radius 2 is 1.59 bits per heavy atom. The van der Waals surface area contributed by atoms with Crippen molar-refractivity contribution in [3.63, 3.8) is 0 Å². The predicted octanol–water partition coefficient (Wildman–Crippen LogP) is 9.17. The molecule has 4 N–H and O–H groups in total. The molecular weight excluding hydrogens is 564 g/mol. The van der Waals surface area contributed by atoms with Crippen LogP contribution in [0.4, 0.5) is 5.69 Å². The normalized spacial score (nSPS) is 11.7. The van der Waals surface area contributed by atoms with E-state index in [0.717, 1.165) is 55.3 Å². The van der Waals surface area contributed by atoms with E-state index in [-0.39, 0.29) is 0 Å². The maximum Gasteiger partial charge on any atom is 0.0992 e. The van der Waals surface area contributed by atoms with Gasteiger partial charge in [0.2, 0.25) is 0 Å². The van der Waals surface area contributed by atoms with Crippen LogP contribution in [0.3, 0.4) is 0 Å². The minimum Gasteiger partial charge on any atom is -0.404 e. The molecule has 2 heterocycles. The summed E-state index contributed by atoms with van der Waals surface area (Å²) in [6.45, 7) is 12.1. The molecule has 0 aliphatic carbocycles. The first-order valence-electron chi connectivity index (χ1n) is 14.6. The molecule has 5 aromatic rings. The van der Waals surface area contributed by atoms with Crippen LogP contribution in [0.25, 0.3) is 68.2 Å². The second-order valence-corrected chi connectivity index (χ2v) is 10.6. The Labute approximate surface area is 269 Å². The van der Waals surface area contributed by atoms with Crippen LogP contribution in [0.15, 0.2) is 110 Å². The fourth-order valence-corrected chi connectivity index (χ4v) is 5.77. The zero-order valence-electron chi connectivity index (χ0n) is 25.8. The third-order valence-corrected chi connectivity index (χ3v) is 7.84. The summed E-state index contributed by atoms with van der Waals surface area (Å²) in [7, 11) is 0. The molecule has 0 saturated heterocycles. The number of benzene rings is 3. The molecule has 0 atom stereocenters. The van der Waals surface area contributed by atoms with Crippen molar-refractivity contribution in [3.8, 4) is 45.8 Å². The summed E-state index contributed by atoms with van der Waals surface area (Å²) >= 11 is 0. The van der Waals surface area contributed by atoms with Crippen LogP contribution in [0.2, 0.25) is 0 Å². The Bertz CT molecular complexity index is 2190. The lowest BCUT2D eigenvalue weighted by Crippen LogP contribution is -2.02. The SMILES string of the molecule is C=Cc1c(C=C)c(-c2ccc(C(/C=C(\C)C#N)=C/N)c(/C=C\C)c2N)c2ccccc2c1-c1ccc(-c2cc(C#N)ccn2)nc1. The number of allylic oxidation sites excluding steroid dienone is 4. The van der Waals surface area contributed by atoms with Gasteiger partial charge >= 0.3 is 0 Å². The number of nitriles is 2. The molecule has 6 nitrogen and oxygen atoms in total. The maximum atomic E-state index is 9.38. The quantitative estimate of drug-likeness (QED) is 0.104. The molecular formula is C40H32N6. The van der Waals surface area contributed by atoms with Gasteiger partial charge in [0.05, 0.1) is 29.1 Å². The van der Waals surface area contributed by atoms with Gasteiger partial charge in [-0.2, -0.15) is 10.5 Å². The van der Waals surface area contributed by atoms with E-state index in [0.29, 0.717) is 33.8 Å². The predicted molar refractivity (Wildman–Crippen MR) is 191 cm³/mol. The van der Waals surface area contributed by atoms with Crippen molar-refractivity contribution in [2.75, 3.05) is 5.73 Å². The lowest BCUT2D eigenvalue weighted by molar-refractivity contribution is 1.24. The average Bonchev–Trinajstić information content (AvgIpc) is 3.10. The highest BCUT2D eigenvalue weighted by Crippen LogP contribution is 2.46. The first-order chi connectivity index (χ1) is 22.4. The molecule has 0 amide bonds. The number of fused-ring (bicyclic) bond motifs is 1. The van der Waals surface area contributed by atoms with Gasteiger partial charge in [0.25, 0.3) is 0 Å². The van der Waals surface area contributed by atoms with E-state index in [4.69, 9.17) is 16.5 Å². The molecule has 46 heavy (non-hydrogen) atoms. The molecule has 0 fully saturated rings. The monoisotopic (exact) mass is 596 g/mol. The molecule has 0 aliphatic heterocycles. The first kappa shape index (κ1) is 30.9. The Morgan fingerprint density at radius 1 is 0.870 bits per heavy atom.